The van der Waals surface area contributed by atoms with E-state index in [1.165, 1.54) is 10.6 Å². The Balaban J connectivity index is 1.25. The molecule has 0 unspecified atom stereocenters. The Kier molecular flexibility index (Phi) is 10.5. The molecular formula is C30H37Cl2N3O4. The summed E-state index contributed by atoms with van der Waals surface area (Å²) in [6, 6.07) is 14.7. The molecule has 39 heavy (non-hydrogen) atoms. The van der Waals surface area contributed by atoms with E-state index in [-0.39, 0.29) is 24.2 Å². The highest BCUT2D eigenvalue weighted by Crippen LogP contribution is 2.33. The minimum Gasteiger partial charge on any atom is -0.494 e. The van der Waals surface area contributed by atoms with E-state index in [4.69, 9.17) is 32.7 Å². The zero-order valence-corrected chi connectivity index (χ0v) is 24.2. The van der Waals surface area contributed by atoms with Crippen LogP contribution in [0.3, 0.4) is 0 Å². The Morgan fingerprint density at radius 1 is 0.974 bits per heavy atom. The van der Waals surface area contributed by atoms with Gasteiger partial charge in [0.2, 0.25) is 0 Å². The standard InChI is InChI=1S/C30H37Cl2N3O4/c1-3-22(4-2)30(37)39-21-35-27-20-24(12-10-23(27)11-13-28(35)36)38-19-6-5-14-33-15-17-34(18-16-33)26-9-7-8-25(31)29(26)32/h7-13,20,22H,3-6,14-19,21H2,1-2H3. The molecule has 2 aromatic carbocycles. The van der Waals surface area contributed by atoms with Crippen molar-refractivity contribution >= 4 is 45.8 Å². The average molecular weight is 575 g/mol. The molecule has 1 aromatic heterocycles. The number of carbonyl (C=O) groups excluding carboxylic acids is 1. The van der Waals surface area contributed by atoms with Crippen LogP contribution in [0, 0.1) is 5.92 Å². The lowest BCUT2D eigenvalue weighted by Gasteiger charge is -2.36. The van der Waals surface area contributed by atoms with Crippen LogP contribution in [-0.4, -0.2) is 54.8 Å². The minimum absolute atomic E-state index is 0.105. The maximum Gasteiger partial charge on any atom is 0.310 e. The summed E-state index contributed by atoms with van der Waals surface area (Å²) in [7, 11) is 0. The molecule has 0 saturated carbocycles. The number of esters is 1. The monoisotopic (exact) mass is 573 g/mol. The van der Waals surface area contributed by atoms with E-state index >= 15 is 0 Å². The molecule has 3 aromatic rings. The van der Waals surface area contributed by atoms with Crippen LogP contribution in [0.1, 0.15) is 39.5 Å². The van der Waals surface area contributed by atoms with Crippen LogP contribution in [0.2, 0.25) is 10.0 Å². The molecule has 7 nitrogen and oxygen atoms in total. The quantitative estimate of drug-likeness (QED) is 0.189. The second kappa shape index (κ2) is 14.1. The minimum atomic E-state index is -0.272. The molecule has 0 amide bonds. The van der Waals surface area contributed by atoms with Gasteiger partial charge in [0.1, 0.15) is 5.75 Å². The van der Waals surface area contributed by atoms with E-state index in [0.29, 0.717) is 40.8 Å². The topological polar surface area (TPSA) is 64.0 Å². The van der Waals surface area contributed by atoms with Gasteiger partial charge in [-0.1, -0.05) is 43.1 Å². The maximum atomic E-state index is 12.6. The number of piperazine rings is 1. The highest BCUT2D eigenvalue weighted by molar-refractivity contribution is 6.43. The first-order valence-electron chi connectivity index (χ1n) is 13.8. The van der Waals surface area contributed by atoms with Gasteiger partial charge in [0.25, 0.3) is 5.56 Å². The normalized spacial score (nSPS) is 14.2. The van der Waals surface area contributed by atoms with Crippen molar-refractivity contribution in [2.45, 2.75) is 46.3 Å². The van der Waals surface area contributed by atoms with Gasteiger partial charge in [-0.05, 0) is 67.9 Å². The van der Waals surface area contributed by atoms with E-state index in [0.717, 1.165) is 56.6 Å². The van der Waals surface area contributed by atoms with Gasteiger partial charge in [0.05, 0.1) is 33.8 Å². The fraction of sp³-hybridized carbons (Fsp3) is 0.467. The number of nitrogens with zero attached hydrogens (tertiary/aromatic N) is 3. The number of hydrogen-bond donors (Lipinski definition) is 0. The largest absolute Gasteiger partial charge is 0.494 e. The van der Waals surface area contributed by atoms with Gasteiger partial charge in [-0.3, -0.25) is 19.1 Å². The molecule has 0 atom stereocenters. The summed E-state index contributed by atoms with van der Waals surface area (Å²) in [5, 5.41) is 2.10. The maximum absolute atomic E-state index is 12.6. The molecule has 0 aliphatic carbocycles. The van der Waals surface area contributed by atoms with Crippen molar-refractivity contribution < 1.29 is 14.3 Å². The molecule has 0 N–H and O–H groups in total. The lowest BCUT2D eigenvalue weighted by molar-refractivity contribution is -0.152. The van der Waals surface area contributed by atoms with Crippen molar-refractivity contribution in [1.82, 2.24) is 9.47 Å². The SMILES string of the molecule is CCC(CC)C(=O)OCn1c(=O)ccc2ccc(OCCCCN3CCN(c4cccc(Cl)c4Cl)CC3)cc21. The number of ether oxygens (including phenoxy) is 2. The van der Waals surface area contributed by atoms with Gasteiger partial charge >= 0.3 is 5.97 Å². The lowest BCUT2D eigenvalue weighted by Crippen LogP contribution is -2.46. The summed E-state index contributed by atoms with van der Waals surface area (Å²) in [6.45, 7) is 9.21. The Labute approximate surface area is 240 Å². The number of benzene rings is 2. The van der Waals surface area contributed by atoms with Crippen LogP contribution >= 0.6 is 23.2 Å². The Bertz CT molecular complexity index is 1320. The number of halogens is 2. The third kappa shape index (κ3) is 7.47. The Morgan fingerprint density at radius 3 is 2.46 bits per heavy atom. The molecular weight excluding hydrogens is 537 g/mol. The van der Waals surface area contributed by atoms with Crippen molar-refractivity contribution in [3.05, 3.63) is 68.9 Å². The van der Waals surface area contributed by atoms with E-state index in [2.05, 4.69) is 9.80 Å². The number of pyridine rings is 1. The molecule has 0 radical (unpaired) electrons. The molecule has 2 heterocycles. The number of anilines is 1. The van der Waals surface area contributed by atoms with Crippen molar-refractivity contribution in [3.63, 3.8) is 0 Å². The summed E-state index contributed by atoms with van der Waals surface area (Å²) in [5.41, 5.74) is 1.48. The molecule has 1 saturated heterocycles. The number of fused-ring (bicyclic) bond motifs is 1. The number of aromatic nitrogens is 1. The second-order valence-electron chi connectivity index (χ2n) is 9.88. The number of carbonyl (C=O) groups is 1. The van der Waals surface area contributed by atoms with E-state index in [1.54, 1.807) is 6.07 Å². The average Bonchev–Trinajstić information content (AvgIpc) is 2.95. The van der Waals surface area contributed by atoms with Gasteiger partial charge in [-0.25, -0.2) is 0 Å². The second-order valence-corrected chi connectivity index (χ2v) is 10.7. The smallest absolute Gasteiger partial charge is 0.310 e. The Morgan fingerprint density at radius 2 is 1.72 bits per heavy atom. The van der Waals surface area contributed by atoms with Gasteiger partial charge < -0.3 is 14.4 Å². The van der Waals surface area contributed by atoms with Crippen molar-refractivity contribution in [1.29, 1.82) is 0 Å². The number of rotatable bonds is 12. The number of unbranched alkanes of at least 4 members (excludes halogenated alkanes) is 1. The van der Waals surface area contributed by atoms with Crippen molar-refractivity contribution in [2.24, 2.45) is 5.92 Å². The van der Waals surface area contributed by atoms with Crippen LogP contribution in [0.25, 0.3) is 10.9 Å². The zero-order chi connectivity index (χ0) is 27.8. The van der Waals surface area contributed by atoms with E-state index < -0.39 is 0 Å². The van der Waals surface area contributed by atoms with E-state index in [1.807, 2.05) is 50.2 Å². The molecule has 1 fully saturated rings. The van der Waals surface area contributed by atoms with Crippen molar-refractivity contribution in [3.8, 4) is 5.75 Å². The van der Waals surface area contributed by atoms with Gasteiger partial charge in [-0.15, -0.1) is 0 Å². The first-order valence-corrected chi connectivity index (χ1v) is 14.5. The Hall–Kier alpha value is -2.74. The zero-order valence-electron chi connectivity index (χ0n) is 22.7. The van der Waals surface area contributed by atoms with E-state index in [9.17, 15) is 9.59 Å². The van der Waals surface area contributed by atoms with Gasteiger partial charge in [0.15, 0.2) is 6.73 Å². The van der Waals surface area contributed by atoms with Crippen LogP contribution in [0.15, 0.2) is 53.3 Å². The summed E-state index contributed by atoms with van der Waals surface area (Å²) in [4.78, 5) is 29.7. The first-order chi connectivity index (χ1) is 18.9. The van der Waals surface area contributed by atoms with Crippen LogP contribution in [0.5, 0.6) is 5.75 Å². The highest BCUT2D eigenvalue weighted by atomic mass is 35.5. The third-order valence-electron chi connectivity index (χ3n) is 7.40. The van der Waals surface area contributed by atoms with Crippen LogP contribution < -0.4 is 15.2 Å². The molecule has 9 heteroatoms. The highest BCUT2D eigenvalue weighted by Gasteiger charge is 2.20. The predicted octanol–water partition coefficient (Wildman–Crippen LogP) is 6.23. The van der Waals surface area contributed by atoms with Crippen LogP contribution in [0.4, 0.5) is 5.69 Å². The van der Waals surface area contributed by atoms with Crippen LogP contribution in [-0.2, 0) is 16.3 Å². The van der Waals surface area contributed by atoms with Gasteiger partial charge in [0, 0.05) is 38.3 Å². The molecule has 4 rings (SSSR count). The fourth-order valence-corrected chi connectivity index (χ4v) is 5.35. The predicted molar refractivity (Wildman–Crippen MR) is 158 cm³/mol. The third-order valence-corrected chi connectivity index (χ3v) is 8.21. The fourth-order valence-electron chi connectivity index (χ4n) is 4.94. The molecule has 1 aliphatic heterocycles. The molecule has 0 spiro atoms. The summed E-state index contributed by atoms with van der Waals surface area (Å²) >= 11 is 12.6. The number of hydrogen-bond acceptors (Lipinski definition) is 6. The molecule has 0 bridgehead atoms. The first kappa shape index (κ1) is 29.2. The summed E-state index contributed by atoms with van der Waals surface area (Å²) < 4.78 is 13.0. The molecule has 1 aliphatic rings. The van der Waals surface area contributed by atoms with Gasteiger partial charge in [-0.2, -0.15) is 0 Å². The van der Waals surface area contributed by atoms with Crippen molar-refractivity contribution in [2.75, 3.05) is 44.2 Å². The molecule has 210 valence electrons. The summed E-state index contributed by atoms with van der Waals surface area (Å²) in [5.74, 6) is 0.270. The lowest BCUT2D eigenvalue weighted by atomic mass is 10.0. The summed E-state index contributed by atoms with van der Waals surface area (Å²) in [6.07, 6.45) is 3.38.